The van der Waals surface area contributed by atoms with Crippen LogP contribution in [0.5, 0.6) is 0 Å². The Labute approximate surface area is 60.7 Å². The molecule has 50 valence electrons. The van der Waals surface area contributed by atoms with Gasteiger partial charge >= 0.3 is 0 Å². The van der Waals surface area contributed by atoms with E-state index in [-0.39, 0.29) is 4.87 Å². The molecule has 1 aliphatic rings. The highest BCUT2D eigenvalue weighted by atomic mass is 32.1. The van der Waals surface area contributed by atoms with Gasteiger partial charge in [0.05, 0.1) is 6.34 Å². The molecular formula is C6H10N2S. The van der Waals surface area contributed by atoms with Crippen molar-refractivity contribution in [1.82, 2.24) is 4.90 Å². The second-order valence-corrected chi connectivity index (χ2v) is 3.23. The lowest BCUT2D eigenvalue weighted by Gasteiger charge is -2.20. The summed E-state index contributed by atoms with van der Waals surface area (Å²) in [5, 5.41) is 0. The zero-order chi connectivity index (χ0) is 6.91. The van der Waals surface area contributed by atoms with Crippen LogP contribution < -0.4 is 0 Å². The van der Waals surface area contributed by atoms with Crippen LogP contribution in [0.2, 0.25) is 0 Å². The van der Waals surface area contributed by atoms with E-state index in [0.29, 0.717) is 0 Å². The molecule has 0 saturated heterocycles. The van der Waals surface area contributed by atoms with Crippen molar-refractivity contribution in [3.63, 3.8) is 0 Å². The Morgan fingerprint density at radius 3 is 2.67 bits per heavy atom. The van der Waals surface area contributed by atoms with Crippen molar-refractivity contribution >= 4 is 19.0 Å². The van der Waals surface area contributed by atoms with E-state index in [1.165, 1.54) is 0 Å². The molecule has 0 aromatic rings. The predicted octanol–water partition coefficient (Wildman–Crippen LogP) is 1.12. The van der Waals surface area contributed by atoms with Gasteiger partial charge in [0.2, 0.25) is 0 Å². The molecule has 1 aliphatic heterocycles. The van der Waals surface area contributed by atoms with Crippen molar-refractivity contribution < 1.29 is 0 Å². The predicted molar refractivity (Wildman–Crippen MR) is 42.8 cm³/mol. The minimum atomic E-state index is -0.299. The summed E-state index contributed by atoms with van der Waals surface area (Å²) in [6.07, 6.45) is 5.64. The highest BCUT2D eigenvalue weighted by Crippen LogP contribution is 2.18. The first kappa shape index (κ1) is 6.68. The van der Waals surface area contributed by atoms with Crippen molar-refractivity contribution in [1.29, 1.82) is 0 Å². The third kappa shape index (κ3) is 1.75. The van der Waals surface area contributed by atoms with Crippen molar-refractivity contribution in [2.45, 2.75) is 11.8 Å². The second-order valence-electron chi connectivity index (χ2n) is 2.32. The maximum Gasteiger partial charge on any atom is 0.122 e. The summed E-state index contributed by atoms with van der Waals surface area (Å²) < 4.78 is 0. The zero-order valence-electron chi connectivity index (χ0n) is 5.57. The van der Waals surface area contributed by atoms with Crippen molar-refractivity contribution in [3.05, 3.63) is 12.3 Å². The standard InChI is InChI=1S/C6H10N2S/c1-6(9)3-4-8(2)5-7-6/h3-5,9H,1-2H3. The number of nitrogens with zero attached hydrogens (tertiary/aromatic N) is 2. The Balaban J connectivity index is 2.70. The molecule has 1 atom stereocenters. The highest BCUT2D eigenvalue weighted by Gasteiger charge is 2.14. The van der Waals surface area contributed by atoms with Gasteiger partial charge in [-0.3, -0.25) is 4.99 Å². The molecule has 2 nitrogen and oxygen atoms in total. The third-order valence-electron chi connectivity index (χ3n) is 1.13. The third-order valence-corrected chi connectivity index (χ3v) is 1.39. The SMILES string of the molecule is CN1C=CC(C)(S)N=C1. The lowest BCUT2D eigenvalue weighted by molar-refractivity contribution is 0.657. The molecule has 9 heavy (non-hydrogen) atoms. The molecule has 0 aromatic carbocycles. The van der Waals surface area contributed by atoms with Crippen LogP contribution >= 0.6 is 12.6 Å². The Morgan fingerprint density at radius 1 is 1.67 bits per heavy atom. The van der Waals surface area contributed by atoms with E-state index in [1.807, 2.05) is 31.1 Å². The van der Waals surface area contributed by atoms with Gasteiger partial charge < -0.3 is 4.90 Å². The Hall–Kier alpha value is -0.440. The Bertz CT molecular complexity index is 144. The average molecular weight is 142 g/mol. The Morgan fingerprint density at radius 2 is 2.33 bits per heavy atom. The number of thiol groups is 1. The van der Waals surface area contributed by atoms with Crippen LogP contribution in [0, 0.1) is 0 Å². The fraction of sp³-hybridized carbons (Fsp3) is 0.500. The maximum atomic E-state index is 4.25. The lowest BCUT2D eigenvalue weighted by Crippen LogP contribution is -2.20. The van der Waals surface area contributed by atoms with Gasteiger partial charge in [-0.05, 0) is 13.0 Å². The van der Waals surface area contributed by atoms with E-state index >= 15 is 0 Å². The van der Waals surface area contributed by atoms with Crippen LogP contribution in [0.15, 0.2) is 17.3 Å². The number of hydrogen-bond acceptors (Lipinski definition) is 3. The van der Waals surface area contributed by atoms with Crippen LogP contribution in [0.3, 0.4) is 0 Å². The van der Waals surface area contributed by atoms with Crippen LogP contribution in [0.4, 0.5) is 0 Å². The number of hydrogen-bond donors (Lipinski definition) is 1. The molecule has 1 unspecified atom stereocenters. The molecule has 1 rings (SSSR count). The Kier molecular flexibility index (Phi) is 1.53. The van der Waals surface area contributed by atoms with E-state index < -0.39 is 0 Å². The zero-order valence-corrected chi connectivity index (χ0v) is 6.47. The normalized spacial score (nSPS) is 33.4. The molecular weight excluding hydrogens is 132 g/mol. The molecule has 3 heteroatoms. The van der Waals surface area contributed by atoms with E-state index in [4.69, 9.17) is 0 Å². The summed E-state index contributed by atoms with van der Waals surface area (Å²) in [5.74, 6) is 0. The van der Waals surface area contributed by atoms with Crippen molar-refractivity contribution in [2.75, 3.05) is 7.05 Å². The minimum Gasteiger partial charge on any atom is -0.343 e. The van der Waals surface area contributed by atoms with E-state index in [9.17, 15) is 0 Å². The van der Waals surface area contributed by atoms with E-state index in [2.05, 4.69) is 17.6 Å². The second kappa shape index (κ2) is 2.06. The van der Waals surface area contributed by atoms with Gasteiger partial charge in [0.15, 0.2) is 0 Å². The molecule has 0 spiro atoms. The van der Waals surface area contributed by atoms with Crippen molar-refractivity contribution in [2.24, 2.45) is 4.99 Å². The molecule has 0 aromatic heterocycles. The van der Waals surface area contributed by atoms with Crippen LogP contribution in [-0.2, 0) is 0 Å². The summed E-state index contributed by atoms with van der Waals surface area (Å²) in [6.45, 7) is 1.94. The fourth-order valence-electron chi connectivity index (χ4n) is 0.548. The first-order valence-electron chi connectivity index (χ1n) is 2.79. The fourth-order valence-corrected chi connectivity index (χ4v) is 0.667. The van der Waals surface area contributed by atoms with Gasteiger partial charge in [-0.1, -0.05) is 0 Å². The first-order chi connectivity index (χ1) is 4.10. The van der Waals surface area contributed by atoms with Gasteiger partial charge in [0, 0.05) is 13.2 Å². The van der Waals surface area contributed by atoms with E-state index in [0.717, 1.165) is 0 Å². The molecule has 1 heterocycles. The summed E-state index contributed by atoms with van der Waals surface area (Å²) in [6, 6.07) is 0. The van der Waals surface area contributed by atoms with Gasteiger partial charge in [-0.2, -0.15) is 0 Å². The summed E-state index contributed by atoms with van der Waals surface area (Å²) in [7, 11) is 1.93. The quantitative estimate of drug-likeness (QED) is 0.501. The lowest BCUT2D eigenvalue weighted by atomic mass is 10.3. The van der Waals surface area contributed by atoms with E-state index in [1.54, 1.807) is 6.34 Å². The minimum absolute atomic E-state index is 0.299. The molecule has 0 bridgehead atoms. The topological polar surface area (TPSA) is 15.6 Å². The van der Waals surface area contributed by atoms with Gasteiger partial charge in [-0.25, -0.2) is 0 Å². The molecule has 0 radical (unpaired) electrons. The molecule has 0 fully saturated rings. The van der Waals surface area contributed by atoms with Gasteiger partial charge in [0.1, 0.15) is 4.87 Å². The molecule has 0 amide bonds. The monoisotopic (exact) mass is 142 g/mol. The maximum absolute atomic E-state index is 4.25. The summed E-state index contributed by atoms with van der Waals surface area (Å²) >= 11 is 4.25. The van der Waals surface area contributed by atoms with Crippen molar-refractivity contribution in [3.8, 4) is 0 Å². The number of aliphatic imine (C=N–C) groups is 1. The van der Waals surface area contributed by atoms with Gasteiger partial charge in [-0.15, -0.1) is 12.6 Å². The van der Waals surface area contributed by atoms with Crippen LogP contribution in [-0.4, -0.2) is 23.2 Å². The van der Waals surface area contributed by atoms with Gasteiger partial charge in [0.25, 0.3) is 0 Å². The number of rotatable bonds is 0. The first-order valence-corrected chi connectivity index (χ1v) is 3.24. The highest BCUT2D eigenvalue weighted by molar-refractivity contribution is 7.82. The van der Waals surface area contributed by atoms with Crippen LogP contribution in [0.25, 0.3) is 0 Å². The summed E-state index contributed by atoms with van der Waals surface area (Å²) in [4.78, 5) is 5.71. The molecule has 0 saturated carbocycles. The average Bonchev–Trinajstić information content (AvgIpc) is 1.78. The smallest absolute Gasteiger partial charge is 0.122 e. The summed E-state index contributed by atoms with van der Waals surface area (Å²) in [5.41, 5.74) is 0. The largest absolute Gasteiger partial charge is 0.343 e. The van der Waals surface area contributed by atoms with Crippen LogP contribution in [0.1, 0.15) is 6.92 Å². The molecule has 0 aliphatic carbocycles. The molecule has 0 N–H and O–H groups in total.